The first kappa shape index (κ1) is 12.1. The summed E-state index contributed by atoms with van der Waals surface area (Å²) >= 11 is 0. The number of hydrogen-bond donors (Lipinski definition) is 2. The second-order valence-electron chi connectivity index (χ2n) is 3.53. The second kappa shape index (κ2) is 5.21. The van der Waals surface area contributed by atoms with Gasteiger partial charge < -0.3 is 15.2 Å². The van der Waals surface area contributed by atoms with E-state index in [4.69, 9.17) is 4.74 Å². The standard InChI is InChI=1S/C12H15NO3/c1-8(2)7-13-12(15)9-4-5-11(16-3)10(14)6-9/h4-6,14H,1,7H2,2-3H3,(H,13,15). The van der Waals surface area contributed by atoms with Gasteiger partial charge in [-0.1, -0.05) is 12.2 Å². The van der Waals surface area contributed by atoms with Crippen LogP contribution in [0.25, 0.3) is 0 Å². The summed E-state index contributed by atoms with van der Waals surface area (Å²) in [6.45, 7) is 5.93. The van der Waals surface area contributed by atoms with Crippen LogP contribution < -0.4 is 10.1 Å². The highest BCUT2D eigenvalue weighted by Crippen LogP contribution is 2.25. The fraction of sp³-hybridized carbons (Fsp3) is 0.250. The van der Waals surface area contributed by atoms with Crippen LogP contribution in [-0.4, -0.2) is 24.7 Å². The van der Waals surface area contributed by atoms with Gasteiger partial charge in [-0.05, 0) is 25.1 Å². The van der Waals surface area contributed by atoms with Gasteiger partial charge in [0.1, 0.15) is 0 Å². The molecule has 0 heterocycles. The highest BCUT2D eigenvalue weighted by Gasteiger charge is 2.08. The van der Waals surface area contributed by atoms with Crippen molar-refractivity contribution in [3.8, 4) is 11.5 Å². The number of rotatable bonds is 4. The van der Waals surface area contributed by atoms with Crippen molar-refractivity contribution in [1.29, 1.82) is 0 Å². The van der Waals surface area contributed by atoms with Crippen LogP contribution in [-0.2, 0) is 0 Å². The molecule has 0 aliphatic rings. The highest BCUT2D eigenvalue weighted by molar-refractivity contribution is 5.94. The van der Waals surface area contributed by atoms with Crippen LogP contribution in [0.2, 0.25) is 0 Å². The van der Waals surface area contributed by atoms with Crippen molar-refractivity contribution in [1.82, 2.24) is 5.32 Å². The molecule has 2 N–H and O–H groups in total. The lowest BCUT2D eigenvalue weighted by Crippen LogP contribution is -2.24. The summed E-state index contributed by atoms with van der Waals surface area (Å²) in [5.74, 6) is 0.0443. The minimum Gasteiger partial charge on any atom is -0.504 e. The number of phenols is 1. The Kier molecular flexibility index (Phi) is 3.94. The maximum Gasteiger partial charge on any atom is 0.251 e. The molecule has 0 aliphatic carbocycles. The molecule has 0 atom stereocenters. The molecule has 0 fully saturated rings. The van der Waals surface area contributed by atoms with Gasteiger partial charge in [-0.2, -0.15) is 0 Å². The molecule has 1 aromatic carbocycles. The number of benzene rings is 1. The quantitative estimate of drug-likeness (QED) is 0.761. The molecular formula is C12H15NO3. The zero-order valence-electron chi connectivity index (χ0n) is 9.41. The Balaban J connectivity index is 2.77. The fourth-order valence-corrected chi connectivity index (χ4v) is 1.16. The molecule has 86 valence electrons. The van der Waals surface area contributed by atoms with Gasteiger partial charge in [0.05, 0.1) is 7.11 Å². The molecule has 1 amide bonds. The molecule has 4 nitrogen and oxygen atoms in total. The van der Waals surface area contributed by atoms with E-state index in [2.05, 4.69) is 11.9 Å². The molecule has 0 radical (unpaired) electrons. The third-order valence-electron chi connectivity index (χ3n) is 1.99. The number of phenolic OH excluding ortho intramolecular Hbond substituents is 1. The fourth-order valence-electron chi connectivity index (χ4n) is 1.16. The van der Waals surface area contributed by atoms with E-state index < -0.39 is 0 Å². The minimum absolute atomic E-state index is 0.0505. The molecule has 0 saturated carbocycles. The van der Waals surface area contributed by atoms with Crippen molar-refractivity contribution in [3.05, 3.63) is 35.9 Å². The van der Waals surface area contributed by atoms with E-state index in [-0.39, 0.29) is 11.7 Å². The summed E-state index contributed by atoms with van der Waals surface area (Å²) < 4.78 is 4.88. The molecule has 0 spiro atoms. The molecule has 0 aromatic heterocycles. The van der Waals surface area contributed by atoms with Crippen LogP contribution in [0.1, 0.15) is 17.3 Å². The SMILES string of the molecule is C=C(C)CNC(=O)c1ccc(OC)c(O)c1. The normalized spacial score (nSPS) is 9.62. The Morgan fingerprint density at radius 1 is 1.56 bits per heavy atom. The van der Waals surface area contributed by atoms with E-state index in [0.29, 0.717) is 17.9 Å². The number of nitrogens with one attached hydrogen (secondary N) is 1. The number of aromatic hydroxyl groups is 1. The van der Waals surface area contributed by atoms with E-state index in [9.17, 15) is 9.90 Å². The lowest BCUT2D eigenvalue weighted by molar-refractivity contribution is 0.0956. The number of ether oxygens (including phenoxy) is 1. The molecule has 1 rings (SSSR count). The number of methoxy groups -OCH3 is 1. The van der Waals surface area contributed by atoms with Crippen molar-refractivity contribution < 1.29 is 14.6 Å². The lowest BCUT2D eigenvalue weighted by atomic mass is 10.2. The van der Waals surface area contributed by atoms with Crippen molar-refractivity contribution in [2.45, 2.75) is 6.92 Å². The lowest BCUT2D eigenvalue weighted by Gasteiger charge is -2.07. The van der Waals surface area contributed by atoms with Crippen molar-refractivity contribution >= 4 is 5.91 Å². The Bertz CT molecular complexity index is 413. The van der Waals surface area contributed by atoms with Gasteiger partial charge in [-0.15, -0.1) is 0 Å². The third kappa shape index (κ3) is 3.02. The van der Waals surface area contributed by atoms with Crippen molar-refractivity contribution in [2.24, 2.45) is 0 Å². The number of hydrogen-bond acceptors (Lipinski definition) is 3. The van der Waals surface area contributed by atoms with E-state index in [0.717, 1.165) is 5.57 Å². The van der Waals surface area contributed by atoms with Gasteiger partial charge in [0.15, 0.2) is 11.5 Å². The molecule has 0 aliphatic heterocycles. The topological polar surface area (TPSA) is 58.6 Å². The average Bonchev–Trinajstić information content (AvgIpc) is 2.25. The molecule has 0 bridgehead atoms. The van der Waals surface area contributed by atoms with Gasteiger partial charge in [-0.3, -0.25) is 4.79 Å². The number of amides is 1. The molecule has 0 saturated heterocycles. The van der Waals surface area contributed by atoms with Crippen molar-refractivity contribution in [3.63, 3.8) is 0 Å². The second-order valence-corrected chi connectivity index (χ2v) is 3.53. The molecular weight excluding hydrogens is 206 g/mol. The predicted molar refractivity (Wildman–Crippen MR) is 61.8 cm³/mol. The van der Waals surface area contributed by atoms with Gasteiger partial charge in [0.25, 0.3) is 5.91 Å². The first-order valence-corrected chi connectivity index (χ1v) is 4.84. The third-order valence-corrected chi connectivity index (χ3v) is 1.99. The van der Waals surface area contributed by atoms with E-state index in [1.807, 2.05) is 6.92 Å². The molecule has 4 heteroatoms. The van der Waals surface area contributed by atoms with Gasteiger partial charge >= 0.3 is 0 Å². The zero-order chi connectivity index (χ0) is 12.1. The molecule has 0 unspecified atom stereocenters. The van der Waals surface area contributed by atoms with E-state index in [1.54, 1.807) is 12.1 Å². The molecule has 16 heavy (non-hydrogen) atoms. The first-order valence-electron chi connectivity index (χ1n) is 4.84. The van der Waals surface area contributed by atoms with Crippen LogP contribution in [0, 0.1) is 0 Å². The Morgan fingerprint density at radius 2 is 2.25 bits per heavy atom. The van der Waals surface area contributed by atoms with Gasteiger partial charge in [-0.25, -0.2) is 0 Å². The van der Waals surface area contributed by atoms with E-state index >= 15 is 0 Å². The van der Waals surface area contributed by atoms with Crippen molar-refractivity contribution in [2.75, 3.05) is 13.7 Å². The largest absolute Gasteiger partial charge is 0.504 e. The van der Waals surface area contributed by atoms with Gasteiger partial charge in [0, 0.05) is 12.1 Å². The highest BCUT2D eigenvalue weighted by atomic mass is 16.5. The van der Waals surface area contributed by atoms with Crippen LogP contribution >= 0.6 is 0 Å². The van der Waals surface area contributed by atoms with Crippen LogP contribution in [0.3, 0.4) is 0 Å². The summed E-state index contributed by atoms with van der Waals surface area (Å²) in [4.78, 5) is 11.6. The summed E-state index contributed by atoms with van der Waals surface area (Å²) in [5, 5.41) is 12.2. The zero-order valence-corrected chi connectivity index (χ0v) is 9.41. The summed E-state index contributed by atoms with van der Waals surface area (Å²) in [7, 11) is 1.45. The van der Waals surface area contributed by atoms with Crippen LogP contribution in [0.4, 0.5) is 0 Å². The van der Waals surface area contributed by atoms with Crippen LogP contribution in [0.5, 0.6) is 11.5 Å². The first-order chi connectivity index (χ1) is 7.54. The Morgan fingerprint density at radius 3 is 2.75 bits per heavy atom. The Hall–Kier alpha value is -1.97. The predicted octanol–water partition coefficient (Wildman–Crippen LogP) is 1.71. The smallest absolute Gasteiger partial charge is 0.251 e. The number of carbonyl (C=O) groups excluding carboxylic acids is 1. The summed E-state index contributed by atoms with van der Waals surface area (Å²) in [6, 6.07) is 4.50. The van der Waals surface area contributed by atoms with Crippen LogP contribution in [0.15, 0.2) is 30.4 Å². The Labute approximate surface area is 94.6 Å². The summed E-state index contributed by atoms with van der Waals surface area (Å²) in [6.07, 6.45) is 0. The van der Waals surface area contributed by atoms with Gasteiger partial charge in [0.2, 0.25) is 0 Å². The maximum atomic E-state index is 11.6. The monoisotopic (exact) mass is 221 g/mol. The molecule has 1 aromatic rings. The van der Waals surface area contributed by atoms with E-state index in [1.165, 1.54) is 13.2 Å². The number of carbonyl (C=O) groups is 1. The summed E-state index contributed by atoms with van der Waals surface area (Å²) in [5.41, 5.74) is 1.26. The maximum absolute atomic E-state index is 11.6. The average molecular weight is 221 g/mol. The minimum atomic E-state index is -0.249.